The zero-order valence-corrected chi connectivity index (χ0v) is 15.9. The van der Waals surface area contributed by atoms with Crippen LogP contribution in [-0.2, 0) is 0 Å². The van der Waals surface area contributed by atoms with Crippen molar-refractivity contribution in [3.63, 3.8) is 0 Å². The Labute approximate surface area is 165 Å². The van der Waals surface area contributed by atoms with Crippen LogP contribution in [0.15, 0.2) is 53.1 Å². The monoisotopic (exact) mass is 400 g/mol. The summed E-state index contributed by atoms with van der Waals surface area (Å²) >= 11 is 6.09. The van der Waals surface area contributed by atoms with E-state index in [1.165, 1.54) is 12.1 Å². The van der Waals surface area contributed by atoms with E-state index in [0.717, 1.165) is 0 Å². The molecule has 0 aliphatic carbocycles. The molecule has 0 spiro atoms. The molecule has 1 N–H and O–H groups in total. The highest BCUT2D eigenvalue weighted by Crippen LogP contribution is 2.26. The summed E-state index contributed by atoms with van der Waals surface area (Å²) in [5.41, 5.74) is 0.894. The molecule has 0 unspecified atom stereocenters. The Hall–Kier alpha value is -3.26. The van der Waals surface area contributed by atoms with Crippen LogP contribution in [0.5, 0.6) is 0 Å². The van der Waals surface area contributed by atoms with Crippen LogP contribution < -0.4 is 5.32 Å². The molecule has 9 heteroatoms. The van der Waals surface area contributed by atoms with E-state index in [9.17, 15) is 14.9 Å². The molecule has 28 heavy (non-hydrogen) atoms. The molecule has 3 aromatic rings. The van der Waals surface area contributed by atoms with Gasteiger partial charge in [-0.2, -0.15) is 4.98 Å². The van der Waals surface area contributed by atoms with Gasteiger partial charge in [0.2, 0.25) is 11.7 Å². The summed E-state index contributed by atoms with van der Waals surface area (Å²) in [6.07, 6.45) is 0. The van der Waals surface area contributed by atoms with Gasteiger partial charge in [0, 0.05) is 17.7 Å². The third kappa shape index (κ3) is 4.17. The lowest BCUT2D eigenvalue weighted by atomic mass is 10.0. The molecule has 3 rings (SSSR count). The zero-order chi connectivity index (χ0) is 20.3. The lowest BCUT2D eigenvalue weighted by molar-refractivity contribution is -0.384. The van der Waals surface area contributed by atoms with Gasteiger partial charge in [0.1, 0.15) is 6.04 Å². The van der Waals surface area contributed by atoms with E-state index < -0.39 is 11.0 Å². The molecular formula is C19H17ClN4O4. The normalized spacial score (nSPS) is 12.0. The highest BCUT2D eigenvalue weighted by molar-refractivity contribution is 6.33. The van der Waals surface area contributed by atoms with Gasteiger partial charge in [-0.15, -0.1) is 0 Å². The molecule has 0 radical (unpaired) electrons. The van der Waals surface area contributed by atoms with Gasteiger partial charge in [0.05, 0.1) is 15.5 Å². The van der Waals surface area contributed by atoms with Crippen molar-refractivity contribution in [1.29, 1.82) is 0 Å². The van der Waals surface area contributed by atoms with Crippen molar-refractivity contribution in [1.82, 2.24) is 15.5 Å². The number of amides is 1. The van der Waals surface area contributed by atoms with Gasteiger partial charge in [-0.1, -0.05) is 42.7 Å². The minimum absolute atomic E-state index is 0.0282. The Morgan fingerprint density at radius 3 is 2.46 bits per heavy atom. The Kier molecular flexibility index (Phi) is 5.70. The lowest BCUT2D eigenvalue weighted by Crippen LogP contribution is -2.32. The molecule has 0 bridgehead atoms. The third-order valence-corrected chi connectivity index (χ3v) is 4.45. The van der Waals surface area contributed by atoms with Crippen LogP contribution in [0.2, 0.25) is 5.02 Å². The van der Waals surface area contributed by atoms with E-state index in [-0.39, 0.29) is 29.2 Å². The summed E-state index contributed by atoms with van der Waals surface area (Å²) in [7, 11) is 0. The van der Waals surface area contributed by atoms with Crippen LogP contribution >= 0.6 is 11.6 Å². The topological polar surface area (TPSA) is 111 Å². The number of hydrogen-bond acceptors (Lipinski definition) is 6. The minimum Gasteiger partial charge on any atom is -0.340 e. The molecule has 1 amide bonds. The number of aromatic nitrogens is 2. The van der Waals surface area contributed by atoms with E-state index in [1.807, 2.05) is 13.8 Å². The first-order chi connectivity index (χ1) is 13.4. The molecular weight excluding hydrogens is 384 g/mol. The van der Waals surface area contributed by atoms with E-state index >= 15 is 0 Å². The molecule has 0 aliphatic rings. The molecule has 1 heterocycles. The summed E-state index contributed by atoms with van der Waals surface area (Å²) < 4.78 is 5.34. The number of halogens is 1. The number of nitrogens with zero attached hydrogens (tertiary/aromatic N) is 3. The molecule has 2 aromatic carbocycles. The minimum atomic E-state index is -0.525. The van der Waals surface area contributed by atoms with Crippen LogP contribution in [-0.4, -0.2) is 21.0 Å². The number of carbonyl (C=O) groups excluding carboxylic acids is 1. The Bertz CT molecular complexity index is 1000. The molecule has 0 saturated carbocycles. The zero-order valence-electron chi connectivity index (χ0n) is 15.1. The van der Waals surface area contributed by atoms with Crippen LogP contribution in [0.25, 0.3) is 11.4 Å². The average Bonchev–Trinajstić information content (AvgIpc) is 3.15. The van der Waals surface area contributed by atoms with Gasteiger partial charge >= 0.3 is 0 Å². The first-order valence-electron chi connectivity index (χ1n) is 8.50. The van der Waals surface area contributed by atoms with Crippen LogP contribution in [0, 0.1) is 16.0 Å². The van der Waals surface area contributed by atoms with Gasteiger partial charge in [-0.05, 0) is 30.2 Å². The lowest BCUT2D eigenvalue weighted by Gasteiger charge is -2.18. The van der Waals surface area contributed by atoms with Crippen molar-refractivity contribution in [2.45, 2.75) is 19.9 Å². The number of hydrogen-bond donors (Lipinski definition) is 1. The van der Waals surface area contributed by atoms with Crippen LogP contribution in [0.4, 0.5) is 5.69 Å². The maximum Gasteiger partial charge on any atom is 0.269 e. The van der Waals surface area contributed by atoms with Gasteiger partial charge in [-0.25, -0.2) is 0 Å². The highest BCUT2D eigenvalue weighted by Gasteiger charge is 2.26. The van der Waals surface area contributed by atoms with Gasteiger partial charge in [-0.3, -0.25) is 14.9 Å². The molecule has 8 nitrogen and oxygen atoms in total. The number of carbonyl (C=O) groups is 1. The van der Waals surface area contributed by atoms with Crippen molar-refractivity contribution < 1.29 is 14.2 Å². The predicted molar refractivity (Wildman–Crippen MR) is 103 cm³/mol. The fraction of sp³-hybridized carbons (Fsp3) is 0.211. The number of rotatable bonds is 6. The molecule has 0 fully saturated rings. The number of non-ortho nitro benzene ring substituents is 1. The highest BCUT2D eigenvalue weighted by atomic mass is 35.5. The van der Waals surface area contributed by atoms with Gasteiger partial charge < -0.3 is 9.84 Å². The van der Waals surface area contributed by atoms with Crippen molar-refractivity contribution in [2.75, 3.05) is 0 Å². The van der Waals surface area contributed by atoms with Crippen molar-refractivity contribution in [3.05, 3.63) is 75.1 Å². The first-order valence-corrected chi connectivity index (χ1v) is 8.88. The summed E-state index contributed by atoms with van der Waals surface area (Å²) in [5, 5.41) is 17.9. The van der Waals surface area contributed by atoms with E-state index in [4.69, 9.17) is 16.1 Å². The second-order valence-electron chi connectivity index (χ2n) is 6.44. The van der Waals surface area contributed by atoms with Gasteiger partial charge in [0.25, 0.3) is 11.6 Å². The second-order valence-corrected chi connectivity index (χ2v) is 6.84. The summed E-state index contributed by atoms with van der Waals surface area (Å²) in [4.78, 5) is 27.2. The Morgan fingerprint density at radius 1 is 1.18 bits per heavy atom. The van der Waals surface area contributed by atoms with E-state index in [2.05, 4.69) is 15.5 Å². The predicted octanol–water partition coefficient (Wildman–Crippen LogP) is 4.43. The first kappa shape index (κ1) is 19.5. The average molecular weight is 401 g/mol. The summed E-state index contributed by atoms with van der Waals surface area (Å²) in [6.45, 7) is 3.82. The standard InChI is InChI=1S/C19H17ClN4O4/c1-11(2)16(21-18(25)14-5-3-4-6-15(14)20)19-22-17(23-28-19)12-7-9-13(10-8-12)24(26)27/h3-11,16H,1-2H3,(H,21,25)/t16-/m0/s1. The number of benzene rings is 2. The fourth-order valence-electron chi connectivity index (χ4n) is 2.59. The van der Waals surface area contributed by atoms with Crippen molar-refractivity contribution >= 4 is 23.2 Å². The van der Waals surface area contributed by atoms with E-state index in [0.29, 0.717) is 16.1 Å². The fourth-order valence-corrected chi connectivity index (χ4v) is 2.81. The quantitative estimate of drug-likeness (QED) is 0.484. The second kappa shape index (κ2) is 8.18. The maximum absolute atomic E-state index is 12.6. The number of nitro benzene ring substituents is 1. The molecule has 0 aliphatic heterocycles. The molecule has 1 aromatic heterocycles. The Balaban J connectivity index is 1.83. The molecule has 144 valence electrons. The SMILES string of the molecule is CC(C)[C@H](NC(=O)c1ccccc1Cl)c1nc(-c2ccc([N+](=O)[O-])cc2)no1. The number of nitro groups is 1. The van der Waals surface area contributed by atoms with Gasteiger partial charge in [0.15, 0.2) is 0 Å². The summed E-state index contributed by atoms with van der Waals surface area (Å²) in [5.74, 6) is 0.141. The molecule has 1 atom stereocenters. The largest absolute Gasteiger partial charge is 0.340 e. The third-order valence-electron chi connectivity index (χ3n) is 4.12. The van der Waals surface area contributed by atoms with Crippen molar-refractivity contribution in [3.8, 4) is 11.4 Å². The maximum atomic E-state index is 12.6. The van der Waals surface area contributed by atoms with Crippen molar-refractivity contribution in [2.24, 2.45) is 5.92 Å². The van der Waals surface area contributed by atoms with Crippen LogP contribution in [0.1, 0.15) is 36.1 Å². The smallest absolute Gasteiger partial charge is 0.269 e. The van der Waals surface area contributed by atoms with E-state index in [1.54, 1.807) is 36.4 Å². The number of nitrogens with one attached hydrogen (secondary N) is 1. The van der Waals surface area contributed by atoms with Crippen LogP contribution in [0.3, 0.4) is 0 Å². The Morgan fingerprint density at radius 2 is 1.86 bits per heavy atom. The summed E-state index contributed by atoms with van der Waals surface area (Å²) in [6, 6.07) is 12.0. The molecule has 0 saturated heterocycles.